The first kappa shape index (κ1) is 19.5. The van der Waals surface area contributed by atoms with Gasteiger partial charge in [0.25, 0.3) is 0 Å². The molecule has 0 N–H and O–H groups in total. The zero-order valence-electron chi connectivity index (χ0n) is 18.2. The van der Waals surface area contributed by atoms with Crippen LogP contribution in [0.25, 0.3) is 21.7 Å². The second-order valence-electron chi connectivity index (χ2n) is 8.76. The van der Waals surface area contributed by atoms with Gasteiger partial charge in [-0.3, -0.25) is 9.69 Å². The molecule has 2 aliphatic rings. The molecule has 32 heavy (non-hydrogen) atoms. The van der Waals surface area contributed by atoms with Crippen LogP contribution in [0, 0.1) is 6.92 Å². The van der Waals surface area contributed by atoms with Crippen molar-refractivity contribution in [1.29, 1.82) is 0 Å². The molecule has 1 saturated heterocycles. The summed E-state index contributed by atoms with van der Waals surface area (Å²) >= 11 is 0. The Morgan fingerprint density at radius 3 is 2.59 bits per heavy atom. The summed E-state index contributed by atoms with van der Waals surface area (Å²) in [6.07, 6.45) is -0.590. The smallest absolute Gasteiger partial charge is 0.206 e. The van der Waals surface area contributed by atoms with E-state index in [1.807, 2.05) is 54.6 Å². The SMILES string of the molecule is Cc1cc2cccc3c2n1C(CN1CCOCC1)C(C(=O)c1cccc2ccccc12)O3. The van der Waals surface area contributed by atoms with Gasteiger partial charge in [-0.1, -0.05) is 54.6 Å². The van der Waals surface area contributed by atoms with Gasteiger partial charge in [-0.15, -0.1) is 0 Å². The van der Waals surface area contributed by atoms with Crippen LogP contribution in [0.5, 0.6) is 5.75 Å². The zero-order chi connectivity index (χ0) is 21.7. The molecule has 6 rings (SSSR count). The fourth-order valence-electron chi connectivity index (χ4n) is 5.31. The number of aryl methyl sites for hydroxylation is 1. The monoisotopic (exact) mass is 426 g/mol. The van der Waals surface area contributed by atoms with Crippen molar-refractivity contribution in [3.63, 3.8) is 0 Å². The van der Waals surface area contributed by atoms with Crippen LogP contribution in [0.3, 0.4) is 0 Å². The van der Waals surface area contributed by atoms with Crippen LogP contribution in [-0.2, 0) is 4.74 Å². The highest BCUT2D eigenvalue weighted by atomic mass is 16.5. The van der Waals surface area contributed by atoms with Crippen LogP contribution in [-0.4, -0.2) is 54.2 Å². The molecule has 1 aromatic heterocycles. The Kier molecular flexibility index (Phi) is 4.74. The zero-order valence-corrected chi connectivity index (χ0v) is 18.2. The number of aromatic nitrogens is 1. The first-order valence-electron chi connectivity index (χ1n) is 11.3. The van der Waals surface area contributed by atoms with E-state index in [1.54, 1.807) is 0 Å². The molecule has 0 bridgehead atoms. The molecule has 0 radical (unpaired) electrons. The molecule has 5 heteroatoms. The van der Waals surface area contributed by atoms with Gasteiger partial charge in [-0.2, -0.15) is 0 Å². The van der Waals surface area contributed by atoms with Crippen molar-refractivity contribution < 1.29 is 14.3 Å². The van der Waals surface area contributed by atoms with E-state index in [0.717, 1.165) is 71.5 Å². The Morgan fingerprint density at radius 2 is 1.72 bits per heavy atom. The maximum absolute atomic E-state index is 14.0. The van der Waals surface area contributed by atoms with E-state index >= 15 is 0 Å². The van der Waals surface area contributed by atoms with Crippen LogP contribution in [0.15, 0.2) is 66.7 Å². The fourth-order valence-corrected chi connectivity index (χ4v) is 5.31. The Balaban J connectivity index is 1.47. The summed E-state index contributed by atoms with van der Waals surface area (Å²) in [5, 5.41) is 3.20. The lowest BCUT2D eigenvalue weighted by Gasteiger charge is -2.38. The number of carbonyl (C=O) groups excluding carboxylic acids is 1. The largest absolute Gasteiger partial charge is 0.478 e. The molecule has 162 valence electrons. The Bertz CT molecular complexity index is 1310. The summed E-state index contributed by atoms with van der Waals surface area (Å²) in [5.41, 5.74) is 2.97. The lowest BCUT2D eigenvalue weighted by atomic mass is 9.94. The first-order valence-corrected chi connectivity index (χ1v) is 11.3. The predicted molar refractivity (Wildman–Crippen MR) is 126 cm³/mol. The molecule has 5 nitrogen and oxygen atoms in total. The van der Waals surface area contributed by atoms with Crippen LogP contribution in [0.1, 0.15) is 22.1 Å². The number of fused-ring (bicyclic) bond motifs is 1. The summed E-state index contributed by atoms with van der Waals surface area (Å²) in [5.74, 6) is 0.822. The molecule has 0 aliphatic carbocycles. The molecular weight excluding hydrogens is 400 g/mol. The van der Waals surface area contributed by atoms with Crippen molar-refractivity contribution in [3.05, 3.63) is 78.0 Å². The van der Waals surface area contributed by atoms with Gasteiger partial charge < -0.3 is 14.0 Å². The Morgan fingerprint density at radius 1 is 0.969 bits per heavy atom. The number of hydrogen-bond acceptors (Lipinski definition) is 4. The number of morpholine rings is 1. The van der Waals surface area contributed by atoms with E-state index in [4.69, 9.17) is 9.47 Å². The van der Waals surface area contributed by atoms with Gasteiger partial charge in [0.05, 0.1) is 24.8 Å². The van der Waals surface area contributed by atoms with E-state index in [0.29, 0.717) is 0 Å². The summed E-state index contributed by atoms with van der Waals surface area (Å²) < 4.78 is 14.4. The second-order valence-corrected chi connectivity index (χ2v) is 8.76. The normalized spacial score (nSPS) is 21.0. The highest BCUT2D eigenvalue weighted by Gasteiger charge is 2.39. The molecule has 0 spiro atoms. The molecule has 2 aliphatic heterocycles. The third kappa shape index (κ3) is 3.12. The average Bonchev–Trinajstić information content (AvgIpc) is 3.18. The standard InChI is InChI=1S/C27H26N2O3/c1-18-16-20-8-5-11-24-25(20)29(18)23(17-28-12-14-31-15-13-28)27(32-24)26(30)22-10-4-7-19-6-2-3-9-21(19)22/h2-11,16,23,27H,12-15,17H2,1H3. The van der Waals surface area contributed by atoms with Gasteiger partial charge in [-0.25, -0.2) is 0 Å². The third-order valence-electron chi connectivity index (χ3n) is 6.81. The number of carbonyl (C=O) groups is 1. The predicted octanol–water partition coefficient (Wildman–Crippen LogP) is 4.62. The summed E-state index contributed by atoms with van der Waals surface area (Å²) in [6.45, 7) is 6.08. The molecule has 0 amide bonds. The summed E-state index contributed by atoms with van der Waals surface area (Å²) in [7, 11) is 0. The van der Waals surface area contributed by atoms with Crippen LogP contribution < -0.4 is 4.74 Å². The highest BCUT2D eigenvalue weighted by molar-refractivity contribution is 6.10. The molecule has 0 saturated carbocycles. The van der Waals surface area contributed by atoms with Crippen molar-refractivity contribution >= 4 is 27.5 Å². The lowest BCUT2D eigenvalue weighted by molar-refractivity contribution is 0.0175. The maximum atomic E-state index is 14.0. The van der Waals surface area contributed by atoms with Crippen LogP contribution in [0.4, 0.5) is 0 Å². The van der Waals surface area contributed by atoms with Gasteiger partial charge in [0, 0.05) is 36.3 Å². The van der Waals surface area contributed by atoms with Crippen LogP contribution >= 0.6 is 0 Å². The molecule has 2 atom stereocenters. The molecule has 2 unspecified atom stereocenters. The lowest BCUT2D eigenvalue weighted by Crippen LogP contribution is -2.48. The second kappa shape index (κ2) is 7.76. The molecule has 1 fully saturated rings. The third-order valence-corrected chi connectivity index (χ3v) is 6.81. The van der Waals surface area contributed by atoms with Gasteiger partial charge >= 0.3 is 0 Å². The topological polar surface area (TPSA) is 43.7 Å². The van der Waals surface area contributed by atoms with Crippen molar-refractivity contribution in [2.75, 3.05) is 32.8 Å². The number of hydrogen-bond donors (Lipinski definition) is 0. The minimum atomic E-state index is -0.590. The Hall–Kier alpha value is -3.15. The Labute approximate surface area is 187 Å². The minimum Gasteiger partial charge on any atom is -0.478 e. The molecule has 3 heterocycles. The van der Waals surface area contributed by atoms with E-state index in [-0.39, 0.29) is 11.8 Å². The van der Waals surface area contributed by atoms with Gasteiger partial charge in [0.15, 0.2) is 6.10 Å². The molecule has 3 aromatic carbocycles. The molecular formula is C27H26N2O3. The average molecular weight is 427 g/mol. The number of rotatable bonds is 4. The number of nitrogens with zero attached hydrogens (tertiary/aromatic N) is 2. The van der Waals surface area contributed by atoms with Crippen molar-refractivity contribution in [3.8, 4) is 5.75 Å². The minimum absolute atomic E-state index is 0.0378. The van der Waals surface area contributed by atoms with Crippen molar-refractivity contribution in [2.45, 2.75) is 19.1 Å². The highest BCUT2D eigenvalue weighted by Crippen LogP contribution is 2.40. The molecule has 4 aromatic rings. The fraction of sp³-hybridized carbons (Fsp3) is 0.296. The number of ketones is 1. The van der Waals surface area contributed by atoms with Crippen molar-refractivity contribution in [1.82, 2.24) is 9.47 Å². The van der Waals surface area contributed by atoms with E-state index in [2.05, 4.69) is 28.5 Å². The van der Waals surface area contributed by atoms with Gasteiger partial charge in [-0.05, 0) is 29.8 Å². The maximum Gasteiger partial charge on any atom is 0.206 e. The quantitative estimate of drug-likeness (QED) is 0.447. The summed E-state index contributed by atoms with van der Waals surface area (Å²) in [4.78, 5) is 16.4. The van der Waals surface area contributed by atoms with E-state index in [9.17, 15) is 4.79 Å². The van der Waals surface area contributed by atoms with Crippen LogP contribution in [0.2, 0.25) is 0 Å². The van der Waals surface area contributed by atoms with E-state index in [1.165, 1.54) is 0 Å². The van der Waals surface area contributed by atoms with Crippen molar-refractivity contribution in [2.24, 2.45) is 0 Å². The number of benzene rings is 3. The van der Waals surface area contributed by atoms with E-state index < -0.39 is 6.10 Å². The number of para-hydroxylation sites is 1. The summed E-state index contributed by atoms with van der Waals surface area (Å²) in [6, 6.07) is 22.2. The van der Waals surface area contributed by atoms with Gasteiger partial charge in [0.1, 0.15) is 5.75 Å². The number of Topliss-reactive ketones (excluding diaryl/α,β-unsaturated/α-hetero) is 1. The first-order chi connectivity index (χ1) is 15.7. The van der Waals surface area contributed by atoms with Gasteiger partial charge in [0.2, 0.25) is 5.78 Å². The number of ether oxygens (including phenoxy) is 2.